The van der Waals surface area contributed by atoms with Gasteiger partial charge in [0, 0.05) is 16.3 Å². The summed E-state index contributed by atoms with van der Waals surface area (Å²) in [4.78, 5) is 25.0. The predicted octanol–water partition coefficient (Wildman–Crippen LogP) is 6.11. The normalized spacial score (nSPS) is 10.6. The second-order valence-corrected chi connectivity index (χ2v) is 9.26. The molecule has 42 heavy (non-hydrogen) atoms. The average molecular weight is 588 g/mol. The molecule has 0 saturated carbocycles. The molecule has 0 aromatic heterocycles. The van der Waals surface area contributed by atoms with Crippen molar-refractivity contribution in [1.29, 1.82) is 0 Å². The molecule has 4 aromatic carbocycles. The number of nitrogens with one attached hydrogen (secondary N) is 2. The molecule has 0 radical (unpaired) electrons. The molecule has 4 aromatic rings. The van der Waals surface area contributed by atoms with Crippen molar-refractivity contribution in [2.75, 3.05) is 25.6 Å². The van der Waals surface area contributed by atoms with Crippen LogP contribution >= 0.6 is 11.6 Å². The topological polar surface area (TPSA) is 107 Å². The number of ether oxygens (including phenoxy) is 4. The summed E-state index contributed by atoms with van der Waals surface area (Å²) in [5.74, 6) is 1.03. The molecular weight excluding hydrogens is 558 g/mol. The molecule has 0 heterocycles. The Bertz CT molecular complexity index is 1530. The Kier molecular flexibility index (Phi) is 10.8. The lowest BCUT2D eigenvalue weighted by molar-refractivity contribution is -0.118. The fourth-order valence-electron chi connectivity index (χ4n) is 3.76. The highest BCUT2D eigenvalue weighted by Gasteiger charge is 2.12. The van der Waals surface area contributed by atoms with E-state index in [1.54, 1.807) is 60.7 Å². The highest BCUT2D eigenvalue weighted by Crippen LogP contribution is 2.30. The third kappa shape index (κ3) is 8.74. The Morgan fingerprint density at radius 1 is 0.833 bits per heavy atom. The van der Waals surface area contributed by atoms with Crippen LogP contribution in [0.2, 0.25) is 5.02 Å². The SMILES string of the molecule is CCOc1cc(C(=O)N/N=C/c2ccc(OCC(=O)Nc3ccc(Cl)cc3)c(OC)c2)ccc1OCc1ccccc1. The molecule has 10 heteroatoms. The van der Waals surface area contributed by atoms with Crippen molar-refractivity contribution < 1.29 is 28.5 Å². The number of nitrogens with zero attached hydrogens (tertiary/aromatic N) is 1. The number of hydrogen-bond donors (Lipinski definition) is 2. The van der Waals surface area contributed by atoms with Crippen LogP contribution < -0.4 is 29.7 Å². The molecule has 0 bridgehead atoms. The van der Waals surface area contributed by atoms with Crippen LogP contribution in [0, 0.1) is 0 Å². The van der Waals surface area contributed by atoms with Gasteiger partial charge in [-0.3, -0.25) is 9.59 Å². The van der Waals surface area contributed by atoms with Gasteiger partial charge in [0.2, 0.25) is 0 Å². The van der Waals surface area contributed by atoms with E-state index in [0.717, 1.165) is 5.56 Å². The number of halogens is 1. The van der Waals surface area contributed by atoms with Crippen molar-refractivity contribution in [1.82, 2.24) is 5.43 Å². The van der Waals surface area contributed by atoms with Gasteiger partial charge in [0.1, 0.15) is 6.61 Å². The van der Waals surface area contributed by atoms with Crippen molar-refractivity contribution in [3.63, 3.8) is 0 Å². The summed E-state index contributed by atoms with van der Waals surface area (Å²) in [6.07, 6.45) is 1.47. The molecule has 0 aliphatic carbocycles. The van der Waals surface area contributed by atoms with Crippen LogP contribution in [0.15, 0.2) is 96.1 Å². The highest BCUT2D eigenvalue weighted by molar-refractivity contribution is 6.30. The van der Waals surface area contributed by atoms with Crippen molar-refractivity contribution in [2.24, 2.45) is 5.10 Å². The second-order valence-electron chi connectivity index (χ2n) is 8.82. The van der Waals surface area contributed by atoms with Crippen molar-refractivity contribution in [3.05, 3.63) is 113 Å². The van der Waals surface area contributed by atoms with Gasteiger partial charge in [0.25, 0.3) is 11.8 Å². The van der Waals surface area contributed by atoms with Gasteiger partial charge in [0.15, 0.2) is 29.6 Å². The number of hydrazone groups is 1. The zero-order valence-electron chi connectivity index (χ0n) is 23.1. The summed E-state index contributed by atoms with van der Waals surface area (Å²) in [7, 11) is 1.49. The van der Waals surface area contributed by atoms with E-state index in [4.69, 9.17) is 30.5 Å². The standard InChI is InChI=1S/C32H30ClN3O6/c1-3-40-30-18-24(10-16-28(30)41-20-22-7-5-4-6-8-22)32(38)36-34-19-23-9-15-27(29(17-23)39-2)42-21-31(37)35-26-13-11-25(33)12-14-26/h4-19H,3,20-21H2,1-2H3,(H,35,37)(H,36,38)/b34-19+. The number of methoxy groups -OCH3 is 1. The average Bonchev–Trinajstić information content (AvgIpc) is 3.01. The van der Waals surface area contributed by atoms with E-state index in [9.17, 15) is 9.59 Å². The maximum Gasteiger partial charge on any atom is 0.271 e. The molecule has 2 amide bonds. The van der Waals surface area contributed by atoms with Gasteiger partial charge in [-0.25, -0.2) is 5.43 Å². The van der Waals surface area contributed by atoms with Crippen LogP contribution in [0.5, 0.6) is 23.0 Å². The first kappa shape index (κ1) is 30.0. The van der Waals surface area contributed by atoms with Gasteiger partial charge < -0.3 is 24.3 Å². The fourth-order valence-corrected chi connectivity index (χ4v) is 3.89. The number of carbonyl (C=O) groups is 2. The third-order valence-electron chi connectivity index (χ3n) is 5.80. The maximum atomic E-state index is 12.7. The molecular formula is C32H30ClN3O6. The number of anilines is 1. The van der Waals surface area contributed by atoms with Gasteiger partial charge in [-0.15, -0.1) is 0 Å². The zero-order chi connectivity index (χ0) is 29.7. The lowest BCUT2D eigenvalue weighted by Gasteiger charge is -2.13. The molecule has 216 valence electrons. The predicted molar refractivity (Wildman–Crippen MR) is 162 cm³/mol. The molecule has 0 saturated heterocycles. The van der Waals surface area contributed by atoms with Gasteiger partial charge >= 0.3 is 0 Å². The summed E-state index contributed by atoms with van der Waals surface area (Å²) in [6, 6.07) is 26.5. The first-order valence-electron chi connectivity index (χ1n) is 13.1. The minimum absolute atomic E-state index is 0.220. The lowest BCUT2D eigenvalue weighted by Crippen LogP contribution is -2.20. The highest BCUT2D eigenvalue weighted by atomic mass is 35.5. The third-order valence-corrected chi connectivity index (χ3v) is 6.05. The van der Waals surface area contributed by atoms with Gasteiger partial charge in [-0.2, -0.15) is 5.10 Å². The molecule has 0 spiro atoms. The van der Waals surface area contributed by atoms with Gasteiger partial charge in [0.05, 0.1) is 19.9 Å². The first-order chi connectivity index (χ1) is 20.4. The van der Waals surface area contributed by atoms with Crippen molar-refractivity contribution in [2.45, 2.75) is 13.5 Å². The van der Waals surface area contributed by atoms with E-state index in [0.29, 0.717) is 58.0 Å². The lowest BCUT2D eigenvalue weighted by atomic mass is 10.2. The number of rotatable bonds is 13. The number of amides is 2. The summed E-state index contributed by atoms with van der Waals surface area (Å²) in [5, 5.41) is 7.36. The van der Waals surface area contributed by atoms with E-state index >= 15 is 0 Å². The molecule has 0 aliphatic heterocycles. The second kappa shape index (κ2) is 15.1. The van der Waals surface area contributed by atoms with Gasteiger partial charge in [-0.05, 0) is 78.7 Å². The largest absolute Gasteiger partial charge is 0.493 e. The van der Waals surface area contributed by atoms with Crippen LogP contribution in [-0.4, -0.2) is 38.4 Å². The Morgan fingerprint density at radius 3 is 2.31 bits per heavy atom. The molecule has 4 rings (SSSR count). The van der Waals surface area contributed by atoms with Crippen LogP contribution in [-0.2, 0) is 11.4 Å². The quantitative estimate of drug-likeness (QED) is 0.144. The van der Waals surface area contributed by atoms with Crippen LogP contribution in [0.1, 0.15) is 28.4 Å². The number of carbonyl (C=O) groups excluding carboxylic acids is 2. The Labute approximate surface area is 249 Å². The minimum Gasteiger partial charge on any atom is -0.493 e. The Morgan fingerprint density at radius 2 is 1.57 bits per heavy atom. The summed E-state index contributed by atoms with van der Waals surface area (Å²) in [6.45, 7) is 2.43. The Hall–Kier alpha value is -5.02. The number of benzene rings is 4. The van der Waals surface area contributed by atoms with E-state index in [1.807, 2.05) is 37.3 Å². The summed E-state index contributed by atoms with van der Waals surface area (Å²) in [5.41, 5.74) is 5.15. The van der Waals surface area contributed by atoms with Crippen LogP contribution in [0.25, 0.3) is 0 Å². The maximum absolute atomic E-state index is 12.7. The van der Waals surface area contributed by atoms with Crippen molar-refractivity contribution in [3.8, 4) is 23.0 Å². The molecule has 9 nitrogen and oxygen atoms in total. The van der Waals surface area contributed by atoms with E-state index in [2.05, 4.69) is 15.8 Å². The molecule has 2 N–H and O–H groups in total. The first-order valence-corrected chi connectivity index (χ1v) is 13.5. The molecule has 0 aliphatic rings. The minimum atomic E-state index is -0.416. The molecule has 0 unspecified atom stereocenters. The van der Waals surface area contributed by atoms with Crippen LogP contribution in [0.4, 0.5) is 5.69 Å². The molecule has 0 atom stereocenters. The van der Waals surface area contributed by atoms with Crippen molar-refractivity contribution >= 4 is 35.3 Å². The fraction of sp³-hybridized carbons (Fsp3) is 0.156. The van der Waals surface area contributed by atoms with E-state index in [1.165, 1.54) is 13.3 Å². The molecule has 0 fully saturated rings. The van der Waals surface area contributed by atoms with Gasteiger partial charge in [-0.1, -0.05) is 41.9 Å². The monoisotopic (exact) mass is 587 g/mol. The van der Waals surface area contributed by atoms with Crippen LogP contribution in [0.3, 0.4) is 0 Å². The smallest absolute Gasteiger partial charge is 0.271 e. The zero-order valence-corrected chi connectivity index (χ0v) is 23.9. The van der Waals surface area contributed by atoms with E-state index < -0.39 is 5.91 Å². The summed E-state index contributed by atoms with van der Waals surface area (Å²) < 4.78 is 22.6. The summed E-state index contributed by atoms with van der Waals surface area (Å²) >= 11 is 5.87. The Balaban J connectivity index is 1.33. The number of hydrogen-bond acceptors (Lipinski definition) is 7. The van der Waals surface area contributed by atoms with E-state index in [-0.39, 0.29) is 12.5 Å².